The smallest absolute Gasteiger partial charge is 0.280 e. The number of anilines is 3. The van der Waals surface area contributed by atoms with E-state index in [-0.39, 0.29) is 41.6 Å². The molecule has 0 spiro atoms. The number of fused-ring (bicyclic) bond motifs is 1. The highest BCUT2D eigenvalue weighted by Crippen LogP contribution is 2.31. The second-order valence-corrected chi connectivity index (χ2v) is 6.83. The molecule has 0 aliphatic carbocycles. The molecule has 160 valence electrons. The van der Waals surface area contributed by atoms with E-state index in [0.29, 0.717) is 6.54 Å². The van der Waals surface area contributed by atoms with Crippen LogP contribution in [-0.2, 0) is 4.74 Å². The maximum atomic E-state index is 11.9. The first-order chi connectivity index (χ1) is 14.3. The Bertz CT molecular complexity index is 1210. The van der Waals surface area contributed by atoms with E-state index in [1.54, 1.807) is 0 Å². The molecule has 1 aliphatic heterocycles. The highest BCUT2D eigenvalue weighted by Gasteiger charge is 2.44. The van der Waals surface area contributed by atoms with E-state index >= 15 is 0 Å². The van der Waals surface area contributed by atoms with Crippen molar-refractivity contribution < 1.29 is 14.9 Å². The molecular formula is C16H20N8O6. The van der Waals surface area contributed by atoms with Crippen molar-refractivity contribution in [1.29, 1.82) is 0 Å². The highest BCUT2D eigenvalue weighted by molar-refractivity contribution is 5.74. The van der Waals surface area contributed by atoms with Crippen LogP contribution in [0.3, 0.4) is 0 Å². The summed E-state index contributed by atoms with van der Waals surface area (Å²) in [5, 5.41) is 26.3. The maximum Gasteiger partial charge on any atom is 0.280 e. The zero-order chi connectivity index (χ0) is 21.6. The van der Waals surface area contributed by atoms with Gasteiger partial charge in [-0.3, -0.25) is 23.9 Å². The van der Waals surface area contributed by atoms with Crippen LogP contribution < -0.4 is 38.5 Å². The van der Waals surface area contributed by atoms with Crippen LogP contribution in [-0.4, -0.2) is 67.7 Å². The molecule has 14 heteroatoms. The van der Waals surface area contributed by atoms with Crippen molar-refractivity contribution in [1.82, 2.24) is 19.5 Å². The van der Waals surface area contributed by atoms with E-state index in [1.807, 2.05) is 0 Å². The molecule has 1 fully saturated rings. The molecular weight excluding hydrogens is 400 g/mol. The first-order valence-electron chi connectivity index (χ1n) is 9.08. The first-order valence-corrected chi connectivity index (χ1v) is 9.08. The number of aliphatic hydroxyl groups is 2. The monoisotopic (exact) mass is 420 g/mol. The fourth-order valence-electron chi connectivity index (χ4n) is 3.39. The van der Waals surface area contributed by atoms with Crippen LogP contribution in [0.5, 0.6) is 0 Å². The van der Waals surface area contributed by atoms with Crippen LogP contribution in [0.15, 0.2) is 20.7 Å². The van der Waals surface area contributed by atoms with Crippen molar-refractivity contribution in [2.45, 2.75) is 24.5 Å². The minimum Gasteiger partial charge on any atom is -0.387 e. The predicted octanol–water partition coefficient (Wildman–Crippen LogP) is -3.60. The van der Waals surface area contributed by atoms with Crippen LogP contribution in [0.4, 0.5) is 17.3 Å². The summed E-state index contributed by atoms with van der Waals surface area (Å²) in [5.74, 6) is -0.141. The summed E-state index contributed by atoms with van der Waals surface area (Å²) in [6.07, 6.45) is -3.50. The van der Waals surface area contributed by atoms with Crippen LogP contribution in [0.1, 0.15) is 6.23 Å². The standard InChI is InChI=1S/C16H20N8O6/c17-1-2-19-6-7(11(27)10(6)26)20-3-5-9(25)12(28)15(30-5)24-4-21-8-13(24)22-16(18)23-14(8)29/h4-5,9,12,15,19-20,25,28H,1-3,17H2,(H3,18,22,23,29)/t5-,9?,12?,15-/m1/s1. The van der Waals surface area contributed by atoms with Gasteiger partial charge in [0, 0.05) is 19.6 Å². The zero-order valence-corrected chi connectivity index (χ0v) is 15.5. The maximum absolute atomic E-state index is 11.9. The van der Waals surface area contributed by atoms with E-state index in [9.17, 15) is 24.6 Å². The molecule has 3 heterocycles. The molecule has 0 radical (unpaired) electrons. The predicted molar refractivity (Wildman–Crippen MR) is 106 cm³/mol. The molecule has 30 heavy (non-hydrogen) atoms. The third-order valence-electron chi connectivity index (χ3n) is 4.90. The van der Waals surface area contributed by atoms with Gasteiger partial charge in [-0.05, 0) is 0 Å². The molecule has 0 amide bonds. The lowest BCUT2D eigenvalue weighted by Crippen LogP contribution is -2.41. The number of nitrogen functional groups attached to an aromatic ring is 1. The summed E-state index contributed by atoms with van der Waals surface area (Å²) in [5.41, 5.74) is 9.30. The summed E-state index contributed by atoms with van der Waals surface area (Å²) in [4.78, 5) is 45.6. The van der Waals surface area contributed by atoms with Gasteiger partial charge in [-0.2, -0.15) is 4.98 Å². The highest BCUT2D eigenvalue weighted by atomic mass is 16.6. The van der Waals surface area contributed by atoms with E-state index in [0.717, 1.165) is 0 Å². The number of hydrogen-bond donors (Lipinski definition) is 7. The number of hydrogen-bond acceptors (Lipinski definition) is 12. The summed E-state index contributed by atoms with van der Waals surface area (Å²) in [6, 6.07) is 0. The number of nitrogens with zero attached hydrogens (tertiary/aromatic N) is 3. The number of rotatable bonds is 7. The molecule has 2 aromatic heterocycles. The van der Waals surface area contributed by atoms with E-state index in [1.165, 1.54) is 10.9 Å². The van der Waals surface area contributed by atoms with Crippen molar-refractivity contribution in [2.24, 2.45) is 5.73 Å². The third kappa shape index (κ3) is 3.11. The van der Waals surface area contributed by atoms with E-state index in [4.69, 9.17) is 16.2 Å². The van der Waals surface area contributed by atoms with Gasteiger partial charge in [-0.25, -0.2) is 4.98 Å². The Morgan fingerprint density at radius 3 is 2.57 bits per heavy atom. The van der Waals surface area contributed by atoms with Crippen molar-refractivity contribution in [2.75, 3.05) is 36.0 Å². The number of H-pyrrole nitrogens is 1. The Labute approximate surface area is 167 Å². The van der Waals surface area contributed by atoms with Crippen molar-refractivity contribution in [3.05, 3.63) is 37.1 Å². The van der Waals surface area contributed by atoms with Crippen molar-refractivity contribution in [3.8, 4) is 0 Å². The Balaban J connectivity index is 1.52. The number of aromatic nitrogens is 4. The van der Waals surface area contributed by atoms with Crippen LogP contribution in [0, 0.1) is 0 Å². The lowest BCUT2D eigenvalue weighted by Gasteiger charge is -2.19. The lowest BCUT2D eigenvalue weighted by atomic mass is 10.1. The number of imidazole rings is 1. The van der Waals surface area contributed by atoms with E-state index < -0.39 is 41.0 Å². The average Bonchev–Trinajstić information content (AvgIpc) is 3.25. The van der Waals surface area contributed by atoms with Crippen LogP contribution in [0.25, 0.3) is 11.2 Å². The molecule has 1 aromatic carbocycles. The van der Waals surface area contributed by atoms with Crippen LogP contribution in [0.2, 0.25) is 0 Å². The molecule has 3 aromatic rings. The van der Waals surface area contributed by atoms with Gasteiger partial charge in [-0.15, -0.1) is 0 Å². The van der Waals surface area contributed by atoms with Gasteiger partial charge in [0.05, 0.1) is 6.33 Å². The molecule has 4 atom stereocenters. The van der Waals surface area contributed by atoms with Gasteiger partial charge >= 0.3 is 0 Å². The molecule has 14 nitrogen and oxygen atoms in total. The molecule has 2 unspecified atom stereocenters. The summed E-state index contributed by atoms with van der Waals surface area (Å²) in [7, 11) is 0. The number of nitrogens with two attached hydrogens (primary N) is 2. The molecule has 1 saturated heterocycles. The average molecular weight is 420 g/mol. The topological polar surface area (TPSA) is 224 Å². The van der Waals surface area contributed by atoms with E-state index in [2.05, 4.69) is 25.6 Å². The fourth-order valence-corrected chi connectivity index (χ4v) is 3.39. The Morgan fingerprint density at radius 2 is 1.87 bits per heavy atom. The quantitative estimate of drug-likeness (QED) is 0.184. The van der Waals surface area contributed by atoms with Gasteiger partial charge in [-0.1, -0.05) is 0 Å². The van der Waals surface area contributed by atoms with Gasteiger partial charge in [0.25, 0.3) is 16.4 Å². The molecule has 1 aliphatic rings. The largest absolute Gasteiger partial charge is 0.387 e. The number of ether oxygens (including phenoxy) is 1. The fraction of sp³-hybridized carbons (Fsp3) is 0.438. The van der Waals surface area contributed by atoms with Crippen LogP contribution >= 0.6 is 0 Å². The molecule has 9 N–H and O–H groups in total. The molecule has 4 rings (SSSR count). The molecule has 0 saturated carbocycles. The normalized spacial score (nSPS) is 24.0. The van der Waals surface area contributed by atoms with Gasteiger partial charge < -0.3 is 37.1 Å². The van der Waals surface area contributed by atoms with Gasteiger partial charge in [0.2, 0.25) is 5.95 Å². The summed E-state index contributed by atoms with van der Waals surface area (Å²) < 4.78 is 7.02. The Hall–Kier alpha value is -3.33. The molecule has 0 bridgehead atoms. The summed E-state index contributed by atoms with van der Waals surface area (Å²) >= 11 is 0. The summed E-state index contributed by atoms with van der Waals surface area (Å²) in [6.45, 7) is 0.516. The van der Waals surface area contributed by atoms with Crippen molar-refractivity contribution in [3.63, 3.8) is 0 Å². The number of aliphatic hydroxyl groups excluding tert-OH is 2. The lowest BCUT2D eigenvalue weighted by molar-refractivity contribution is -0.0312. The second-order valence-electron chi connectivity index (χ2n) is 6.83. The zero-order valence-electron chi connectivity index (χ0n) is 15.5. The van der Waals surface area contributed by atoms with Crippen molar-refractivity contribution >= 4 is 28.5 Å². The minimum absolute atomic E-state index is 0.00424. The SMILES string of the molecule is NCCNc1c(NC[C@H]2O[C@@H](n3cnc4c(=O)[nH]c(N)nc43)C(O)C2O)c(=O)c1=O. The second kappa shape index (κ2) is 7.49. The first kappa shape index (κ1) is 20.0. The Kier molecular flexibility index (Phi) is 4.98. The third-order valence-corrected chi connectivity index (χ3v) is 4.90. The minimum atomic E-state index is -1.38. The van der Waals surface area contributed by atoms with Gasteiger partial charge in [0.1, 0.15) is 29.7 Å². The number of nitrogens with one attached hydrogen (secondary N) is 3. The Morgan fingerprint density at radius 1 is 1.17 bits per heavy atom. The van der Waals surface area contributed by atoms with Gasteiger partial charge in [0.15, 0.2) is 17.4 Å². The number of aromatic amines is 1.